The normalized spacial score (nSPS) is 10.6. The second-order valence-corrected chi connectivity index (χ2v) is 5.94. The maximum atomic E-state index is 11.9. The van der Waals surface area contributed by atoms with Crippen molar-refractivity contribution in [2.45, 2.75) is 26.2 Å². The van der Waals surface area contributed by atoms with Crippen LogP contribution in [-0.4, -0.2) is 32.9 Å². The molecule has 0 radical (unpaired) electrons. The Kier molecular flexibility index (Phi) is 8.16. The molecule has 6 nitrogen and oxygen atoms in total. The second kappa shape index (κ2) is 10.9. The zero-order valence-corrected chi connectivity index (χ0v) is 16.0. The third-order valence-corrected chi connectivity index (χ3v) is 3.94. The lowest BCUT2D eigenvalue weighted by Crippen LogP contribution is -2.24. The molecule has 1 N–H and O–H groups in total. The highest BCUT2D eigenvalue weighted by Crippen LogP contribution is 2.22. The van der Waals surface area contributed by atoms with Crippen LogP contribution in [-0.2, 0) is 11.2 Å². The van der Waals surface area contributed by atoms with Crippen LogP contribution in [0.5, 0.6) is 17.2 Å². The molecule has 0 unspecified atom stereocenters. The van der Waals surface area contributed by atoms with Crippen molar-refractivity contribution < 1.29 is 19.0 Å². The van der Waals surface area contributed by atoms with E-state index in [4.69, 9.17) is 14.2 Å². The van der Waals surface area contributed by atoms with Crippen molar-refractivity contribution in [1.82, 2.24) is 5.43 Å². The number of nitrogens with one attached hydrogen (secondary N) is 1. The minimum atomic E-state index is -0.344. The first-order valence-corrected chi connectivity index (χ1v) is 8.92. The van der Waals surface area contributed by atoms with Gasteiger partial charge in [-0.1, -0.05) is 25.5 Å². The number of carbonyl (C=O) groups is 1. The summed E-state index contributed by atoms with van der Waals surface area (Å²) in [6, 6.07) is 13.1. The van der Waals surface area contributed by atoms with Crippen molar-refractivity contribution in [3.8, 4) is 17.2 Å². The lowest BCUT2D eigenvalue weighted by molar-refractivity contribution is -0.123. The molecule has 144 valence electrons. The van der Waals surface area contributed by atoms with Crippen LogP contribution in [0.25, 0.3) is 0 Å². The summed E-state index contributed by atoms with van der Waals surface area (Å²) < 4.78 is 15.9. The maximum absolute atomic E-state index is 11.9. The van der Waals surface area contributed by atoms with Crippen LogP contribution in [0.2, 0.25) is 0 Å². The van der Waals surface area contributed by atoms with Crippen molar-refractivity contribution in [2.24, 2.45) is 5.10 Å². The van der Waals surface area contributed by atoms with E-state index >= 15 is 0 Å². The average molecular weight is 370 g/mol. The number of nitrogens with zero attached hydrogens (tertiary/aromatic N) is 1. The number of hydrogen-bond acceptors (Lipinski definition) is 5. The molecule has 0 aliphatic rings. The summed E-state index contributed by atoms with van der Waals surface area (Å²) in [6.07, 6.45) is 4.89. The molecular weight excluding hydrogens is 344 g/mol. The van der Waals surface area contributed by atoms with E-state index in [1.807, 2.05) is 24.3 Å². The van der Waals surface area contributed by atoms with Gasteiger partial charge < -0.3 is 14.2 Å². The number of rotatable bonds is 10. The van der Waals surface area contributed by atoms with E-state index in [9.17, 15) is 4.79 Å². The van der Waals surface area contributed by atoms with E-state index in [0.717, 1.165) is 6.42 Å². The van der Waals surface area contributed by atoms with Gasteiger partial charge in [0.2, 0.25) is 0 Å². The van der Waals surface area contributed by atoms with Crippen LogP contribution in [0.4, 0.5) is 0 Å². The number of hydrogen-bond donors (Lipinski definition) is 1. The summed E-state index contributed by atoms with van der Waals surface area (Å²) in [7, 11) is 3.15. The van der Waals surface area contributed by atoms with E-state index in [0.29, 0.717) is 22.8 Å². The number of unbranched alkanes of at least 4 members (excludes halogenated alkanes) is 1. The standard InChI is InChI=1S/C21H26N2O4/c1-4-5-6-16-7-9-18(10-8-16)27-15-21(24)23-22-14-17-13-19(25-2)11-12-20(17)26-3/h7-14H,4-6,15H2,1-3H3,(H,23,24). The molecule has 0 bridgehead atoms. The van der Waals surface area contributed by atoms with Gasteiger partial charge in [-0.3, -0.25) is 4.79 Å². The first-order chi connectivity index (χ1) is 13.2. The zero-order chi connectivity index (χ0) is 19.5. The highest BCUT2D eigenvalue weighted by Gasteiger charge is 2.04. The predicted octanol–water partition coefficient (Wildman–Crippen LogP) is 3.58. The van der Waals surface area contributed by atoms with Gasteiger partial charge in [0.1, 0.15) is 17.2 Å². The Balaban J connectivity index is 1.83. The van der Waals surface area contributed by atoms with Crippen LogP contribution in [0, 0.1) is 0 Å². The summed E-state index contributed by atoms with van der Waals surface area (Å²) in [5.74, 6) is 1.62. The van der Waals surface area contributed by atoms with Gasteiger partial charge >= 0.3 is 0 Å². The van der Waals surface area contributed by atoms with Crippen LogP contribution >= 0.6 is 0 Å². The Morgan fingerprint density at radius 3 is 2.48 bits per heavy atom. The molecule has 2 rings (SSSR count). The maximum Gasteiger partial charge on any atom is 0.277 e. The Hall–Kier alpha value is -3.02. The first-order valence-electron chi connectivity index (χ1n) is 8.92. The lowest BCUT2D eigenvalue weighted by Gasteiger charge is -2.07. The fourth-order valence-corrected chi connectivity index (χ4v) is 2.43. The fourth-order valence-electron chi connectivity index (χ4n) is 2.43. The SMILES string of the molecule is CCCCc1ccc(OCC(=O)NN=Cc2cc(OC)ccc2OC)cc1. The highest BCUT2D eigenvalue weighted by molar-refractivity contribution is 5.86. The molecule has 27 heavy (non-hydrogen) atoms. The number of methoxy groups -OCH3 is 2. The zero-order valence-electron chi connectivity index (χ0n) is 16.0. The molecule has 0 atom stereocenters. The molecule has 0 aromatic heterocycles. The van der Waals surface area contributed by atoms with Gasteiger partial charge in [-0.05, 0) is 48.7 Å². The topological polar surface area (TPSA) is 69.2 Å². The Bertz CT molecular complexity index is 757. The minimum Gasteiger partial charge on any atom is -0.497 e. The molecule has 2 aromatic carbocycles. The highest BCUT2D eigenvalue weighted by atomic mass is 16.5. The molecule has 0 saturated heterocycles. The smallest absolute Gasteiger partial charge is 0.277 e. The molecule has 0 aliphatic carbocycles. The van der Waals surface area contributed by atoms with Gasteiger partial charge in [0.15, 0.2) is 6.61 Å². The summed E-state index contributed by atoms with van der Waals surface area (Å²) in [5.41, 5.74) is 4.40. The third kappa shape index (κ3) is 6.66. The number of hydrazone groups is 1. The van der Waals surface area contributed by atoms with E-state index < -0.39 is 0 Å². The number of ether oxygens (including phenoxy) is 3. The van der Waals surface area contributed by atoms with Gasteiger partial charge in [0, 0.05) is 5.56 Å². The van der Waals surface area contributed by atoms with Crippen LogP contribution < -0.4 is 19.6 Å². The monoisotopic (exact) mass is 370 g/mol. The number of carbonyl (C=O) groups excluding carboxylic acids is 1. The van der Waals surface area contributed by atoms with Crippen LogP contribution in [0.15, 0.2) is 47.6 Å². The van der Waals surface area contributed by atoms with Gasteiger partial charge in [0.25, 0.3) is 5.91 Å². The van der Waals surface area contributed by atoms with Gasteiger partial charge in [-0.15, -0.1) is 0 Å². The number of amides is 1. The quantitative estimate of drug-likeness (QED) is 0.513. The largest absolute Gasteiger partial charge is 0.497 e. The molecule has 0 fully saturated rings. The molecule has 0 aliphatic heterocycles. The molecular formula is C21H26N2O4. The first kappa shape index (κ1) is 20.3. The Morgan fingerprint density at radius 1 is 1.07 bits per heavy atom. The molecule has 0 heterocycles. The molecule has 6 heteroatoms. The van der Waals surface area contributed by atoms with E-state index in [1.165, 1.54) is 24.6 Å². The van der Waals surface area contributed by atoms with Crippen molar-refractivity contribution in [3.05, 3.63) is 53.6 Å². The van der Waals surface area contributed by atoms with Crippen molar-refractivity contribution >= 4 is 12.1 Å². The van der Waals surface area contributed by atoms with E-state index in [1.54, 1.807) is 32.4 Å². The van der Waals surface area contributed by atoms with Crippen molar-refractivity contribution in [2.75, 3.05) is 20.8 Å². The van der Waals surface area contributed by atoms with Gasteiger partial charge in [-0.25, -0.2) is 5.43 Å². The van der Waals surface area contributed by atoms with E-state index in [2.05, 4.69) is 17.5 Å². The summed E-state index contributed by atoms with van der Waals surface area (Å²) in [6.45, 7) is 2.06. The predicted molar refractivity (Wildman–Crippen MR) is 106 cm³/mol. The van der Waals surface area contributed by atoms with Crippen molar-refractivity contribution in [3.63, 3.8) is 0 Å². The molecule has 0 saturated carbocycles. The second-order valence-electron chi connectivity index (χ2n) is 5.94. The van der Waals surface area contributed by atoms with Gasteiger partial charge in [0.05, 0.1) is 20.4 Å². The minimum absolute atomic E-state index is 0.110. The third-order valence-electron chi connectivity index (χ3n) is 3.94. The summed E-state index contributed by atoms with van der Waals surface area (Å²) >= 11 is 0. The lowest BCUT2D eigenvalue weighted by atomic mass is 10.1. The average Bonchev–Trinajstić information content (AvgIpc) is 2.71. The van der Waals surface area contributed by atoms with E-state index in [-0.39, 0.29) is 12.5 Å². The number of benzene rings is 2. The number of aryl methyl sites for hydroxylation is 1. The molecule has 2 aromatic rings. The van der Waals surface area contributed by atoms with Crippen LogP contribution in [0.1, 0.15) is 30.9 Å². The fraction of sp³-hybridized carbons (Fsp3) is 0.333. The van der Waals surface area contributed by atoms with Crippen molar-refractivity contribution in [1.29, 1.82) is 0 Å². The molecule has 0 spiro atoms. The Morgan fingerprint density at radius 2 is 1.81 bits per heavy atom. The molecule has 1 amide bonds. The van der Waals surface area contributed by atoms with Crippen LogP contribution in [0.3, 0.4) is 0 Å². The summed E-state index contributed by atoms with van der Waals surface area (Å²) in [4.78, 5) is 11.9. The van der Waals surface area contributed by atoms with Gasteiger partial charge in [-0.2, -0.15) is 5.10 Å². The summed E-state index contributed by atoms with van der Waals surface area (Å²) in [5, 5.41) is 3.95. The Labute approximate surface area is 160 Å².